The van der Waals surface area contributed by atoms with E-state index < -0.39 is 5.82 Å². The molecule has 15 heavy (non-hydrogen) atoms. The van der Waals surface area contributed by atoms with Gasteiger partial charge in [0.2, 0.25) is 0 Å². The van der Waals surface area contributed by atoms with Crippen molar-refractivity contribution >= 4 is 11.6 Å². The van der Waals surface area contributed by atoms with Crippen LogP contribution in [0.5, 0.6) is 0 Å². The lowest BCUT2D eigenvalue weighted by molar-refractivity contribution is 0.625. The van der Waals surface area contributed by atoms with Crippen LogP contribution in [-0.4, -0.2) is 20.2 Å². The maximum atomic E-state index is 12.9. The molecule has 0 amide bonds. The van der Waals surface area contributed by atoms with Gasteiger partial charge in [0.25, 0.3) is 0 Å². The molecule has 0 radical (unpaired) electrons. The summed E-state index contributed by atoms with van der Waals surface area (Å²) in [6.45, 7) is 0.203. The molecule has 0 atom stereocenters. The van der Waals surface area contributed by atoms with Crippen molar-refractivity contribution in [3.05, 3.63) is 34.9 Å². The van der Waals surface area contributed by atoms with Gasteiger partial charge in [-0.05, 0) is 23.4 Å². The van der Waals surface area contributed by atoms with Crippen molar-refractivity contribution < 1.29 is 4.39 Å². The Labute approximate surface area is 89.6 Å². The second kappa shape index (κ2) is 3.92. The van der Waals surface area contributed by atoms with E-state index in [9.17, 15) is 4.39 Å². The molecule has 2 N–H and O–H groups in total. The summed E-state index contributed by atoms with van der Waals surface area (Å²) in [5.74, 6) is -0.0740. The molecule has 2 rings (SSSR count). The van der Waals surface area contributed by atoms with Crippen LogP contribution in [0.25, 0.3) is 5.69 Å². The molecule has 0 bridgehead atoms. The molecular formula is C8H7ClFN5. The fourth-order valence-corrected chi connectivity index (χ4v) is 1.22. The minimum atomic E-state index is -0.486. The molecule has 0 unspecified atom stereocenters. The van der Waals surface area contributed by atoms with Crippen molar-refractivity contribution in [1.29, 1.82) is 0 Å². The smallest absolute Gasteiger partial charge is 0.188 e. The van der Waals surface area contributed by atoms with Gasteiger partial charge in [0.05, 0.1) is 17.3 Å². The lowest BCUT2D eigenvalue weighted by Gasteiger charge is -1.99. The van der Waals surface area contributed by atoms with E-state index in [1.807, 2.05) is 0 Å². The summed E-state index contributed by atoms with van der Waals surface area (Å²) in [6.07, 6.45) is 0. The third-order valence-electron chi connectivity index (χ3n) is 1.77. The van der Waals surface area contributed by atoms with E-state index in [2.05, 4.69) is 15.4 Å². The van der Waals surface area contributed by atoms with Gasteiger partial charge in [-0.3, -0.25) is 0 Å². The third kappa shape index (κ3) is 1.95. The van der Waals surface area contributed by atoms with Crippen LogP contribution in [0.1, 0.15) is 5.82 Å². The van der Waals surface area contributed by atoms with E-state index in [0.29, 0.717) is 11.5 Å². The van der Waals surface area contributed by atoms with E-state index in [0.717, 1.165) is 0 Å². The molecule has 0 aliphatic heterocycles. The van der Waals surface area contributed by atoms with Crippen LogP contribution >= 0.6 is 11.6 Å². The predicted octanol–water partition coefficient (Wildman–Crippen LogP) is 0.913. The van der Waals surface area contributed by atoms with Crippen molar-refractivity contribution in [2.24, 2.45) is 5.73 Å². The minimum absolute atomic E-state index is 0.0131. The van der Waals surface area contributed by atoms with Crippen molar-refractivity contribution in [2.45, 2.75) is 6.54 Å². The summed E-state index contributed by atoms with van der Waals surface area (Å²) in [5, 5.41) is 11.4. The lowest BCUT2D eigenvalue weighted by atomic mass is 10.3. The summed E-state index contributed by atoms with van der Waals surface area (Å²) in [4.78, 5) is 1.24. The van der Waals surface area contributed by atoms with Crippen LogP contribution in [0, 0.1) is 5.82 Å². The molecule has 1 aromatic carbocycles. The van der Waals surface area contributed by atoms with Crippen LogP contribution in [-0.2, 0) is 6.54 Å². The Morgan fingerprint density at radius 1 is 1.47 bits per heavy atom. The molecule has 0 spiro atoms. The predicted molar refractivity (Wildman–Crippen MR) is 52.0 cm³/mol. The quantitative estimate of drug-likeness (QED) is 0.828. The Kier molecular flexibility index (Phi) is 2.61. The van der Waals surface area contributed by atoms with Crippen LogP contribution in [0.4, 0.5) is 4.39 Å². The first-order chi connectivity index (χ1) is 7.20. The average Bonchev–Trinajstić information content (AvgIpc) is 2.70. The average molecular weight is 228 g/mol. The zero-order chi connectivity index (χ0) is 10.8. The molecular weight excluding hydrogens is 221 g/mol. The Morgan fingerprint density at radius 2 is 2.27 bits per heavy atom. The van der Waals surface area contributed by atoms with Crippen LogP contribution in [0.3, 0.4) is 0 Å². The molecule has 1 aromatic heterocycles. The van der Waals surface area contributed by atoms with Gasteiger partial charge in [-0.15, -0.1) is 15.0 Å². The topological polar surface area (TPSA) is 69.6 Å². The molecule has 78 valence electrons. The standard InChI is InChI=1S/C8H7ClFN5/c9-6-3-5(1-2-7(6)10)15-13-8(4-11)12-14-15/h1-3H,4,11H2. The number of aromatic nitrogens is 4. The number of nitrogens with two attached hydrogens (primary N) is 1. The fraction of sp³-hybridized carbons (Fsp3) is 0.125. The van der Waals surface area contributed by atoms with Gasteiger partial charge in [-0.25, -0.2) is 4.39 Å². The highest BCUT2D eigenvalue weighted by Gasteiger charge is 2.06. The third-order valence-corrected chi connectivity index (χ3v) is 2.06. The highest BCUT2D eigenvalue weighted by molar-refractivity contribution is 6.30. The van der Waals surface area contributed by atoms with Crippen LogP contribution in [0.2, 0.25) is 5.02 Å². The molecule has 0 saturated carbocycles. The summed E-state index contributed by atoms with van der Waals surface area (Å²) in [5.41, 5.74) is 5.87. The maximum Gasteiger partial charge on any atom is 0.188 e. The molecule has 0 saturated heterocycles. The normalized spacial score (nSPS) is 10.6. The Bertz CT molecular complexity index is 484. The number of hydrogen-bond donors (Lipinski definition) is 1. The largest absolute Gasteiger partial charge is 0.324 e. The zero-order valence-electron chi connectivity index (χ0n) is 7.56. The summed E-state index contributed by atoms with van der Waals surface area (Å²) in [7, 11) is 0. The van der Waals surface area contributed by atoms with Crippen molar-refractivity contribution in [1.82, 2.24) is 20.2 Å². The highest BCUT2D eigenvalue weighted by Crippen LogP contribution is 2.17. The SMILES string of the molecule is NCc1nnn(-c2ccc(F)c(Cl)c2)n1. The first kappa shape index (κ1) is 10.0. The number of hydrogen-bond acceptors (Lipinski definition) is 4. The van der Waals surface area contributed by atoms with Gasteiger partial charge >= 0.3 is 0 Å². The van der Waals surface area contributed by atoms with Crippen molar-refractivity contribution in [3.8, 4) is 5.69 Å². The molecule has 2 aromatic rings. The Balaban J connectivity index is 2.40. The lowest BCUT2D eigenvalue weighted by Crippen LogP contribution is -2.02. The first-order valence-electron chi connectivity index (χ1n) is 4.15. The number of nitrogens with zero attached hydrogens (tertiary/aromatic N) is 4. The zero-order valence-corrected chi connectivity index (χ0v) is 8.32. The van der Waals surface area contributed by atoms with Gasteiger partial charge in [-0.1, -0.05) is 11.6 Å². The minimum Gasteiger partial charge on any atom is -0.324 e. The van der Waals surface area contributed by atoms with Gasteiger partial charge < -0.3 is 5.73 Å². The highest BCUT2D eigenvalue weighted by atomic mass is 35.5. The first-order valence-corrected chi connectivity index (χ1v) is 4.53. The number of rotatable bonds is 2. The monoisotopic (exact) mass is 227 g/mol. The van der Waals surface area contributed by atoms with E-state index in [4.69, 9.17) is 17.3 Å². The van der Waals surface area contributed by atoms with E-state index in [1.54, 1.807) is 0 Å². The van der Waals surface area contributed by atoms with Gasteiger partial charge in [0, 0.05) is 0 Å². The summed E-state index contributed by atoms with van der Waals surface area (Å²) in [6, 6.07) is 4.16. The summed E-state index contributed by atoms with van der Waals surface area (Å²) < 4.78 is 12.9. The van der Waals surface area contributed by atoms with Crippen LogP contribution in [0.15, 0.2) is 18.2 Å². The fourth-order valence-electron chi connectivity index (χ4n) is 1.04. The second-order valence-corrected chi connectivity index (χ2v) is 3.20. The second-order valence-electron chi connectivity index (χ2n) is 2.80. The Morgan fingerprint density at radius 3 is 2.87 bits per heavy atom. The molecule has 0 aliphatic carbocycles. The van der Waals surface area contributed by atoms with E-state index in [1.165, 1.54) is 23.0 Å². The van der Waals surface area contributed by atoms with Gasteiger partial charge in [0.1, 0.15) is 5.82 Å². The maximum absolute atomic E-state index is 12.9. The number of halogens is 2. The molecule has 0 fully saturated rings. The molecule has 7 heteroatoms. The van der Waals surface area contributed by atoms with E-state index >= 15 is 0 Å². The molecule has 5 nitrogen and oxygen atoms in total. The number of tetrazole rings is 1. The van der Waals surface area contributed by atoms with Gasteiger partial charge in [-0.2, -0.15) is 0 Å². The molecule has 0 aliphatic rings. The van der Waals surface area contributed by atoms with E-state index in [-0.39, 0.29) is 11.6 Å². The van der Waals surface area contributed by atoms with Crippen LogP contribution < -0.4 is 5.73 Å². The van der Waals surface area contributed by atoms with Gasteiger partial charge in [0.15, 0.2) is 5.82 Å². The summed E-state index contributed by atoms with van der Waals surface area (Å²) >= 11 is 5.62. The number of benzene rings is 1. The Hall–Kier alpha value is -1.53. The van der Waals surface area contributed by atoms with Crippen molar-refractivity contribution in [3.63, 3.8) is 0 Å². The molecule has 1 heterocycles. The van der Waals surface area contributed by atoms with Crippen molar-refractivity contribution in [2.75, 3.05) is 0 Å².